The van der Waals surface area contributed by atoms with Crippen molar-refractivity contribution in [2.45, 2.75) is 35.5 Å². The van der Waals surface area contributed by atoms with Gasteiger partial charge in [0.05, 0.1) is 14.9 Å². The molecule has 5 N–H and O–H groups in total. The lowest BCUT2D eigenvalue weighted by atomic mass is 9.96. The van der Waals surface area contributed by atoms with Crippen molar-refractivity contribution < 1.29 is 42.7 Å². The molecule has 1 amide bonds. The zero-order valence-corrected chi connectivity index (χ0v) is 21.4. The minimum Gasteiger partial charge on any atom is -0.486 e. The van der Waals surface area contributed by atoms with Gasteiger partial charge in [0.2, 0.25) is 15.9 Å². The molecule has 0 bridgehead atoms. The molecule has 0 radical (unpaired) electrons. The minimum absolute atomic E-state index is 0.109. The summed E-state index contributed by atoms with van der Waals surface area (Å²) in [6.07, 6.45) is -3.75. The van der Waals surface area contributed by atoms with E-state index in [1.54, 1.807) is 18.2 Å². The summed E-state index contributed by atoms with van der Waals surface area (Å²) < 4.78 is 43.8. The van der Waals surface area contributed by atoms with Crippen LogP contribution in [0.3, 0.4) is 0 Å². The van der Waals surface area contributed by atoms with Gasteiger partial charge in [0.15, 0.2) is 17.8 Å². The number of hydrogen-bond acceptors (Lipinski definition) is 9. The molecular formula is C23H24Cl2N2O9S. The molecule has 0 aliphatic carbocycles. The molecule has 1 fully saturated rings. The van der Waals surface area contributed by atoms with E-state index in [9.17, 15) is 28.5 Å². The van der Waals surface area contributed by atoms with E-state index in [1.807, 2.05) is 0 Å². The Morgan fingerprint density at radius 1 is 1.00 bits per heavy atom. The Balaban J connectivity index is 1.35. The third-order valence-electron chi connectivity index (χ3n) is 5.70. The second kappa shape index (κ2) is 11.5. The molecule has 2 aromatic carbocycles. The van der Waals surface area contributed by atoms with Crippen LogP contribution in [0.5, 0.6) is 11.5 Å². The van der Waals surface area contributed by atoms with Gasteiger partial charge in [0.25, 0.3) is 0 Å². The summed E-state index contributed by atoms with van der Waals surface area (Å²) in [7, 11) is -4.06. The predicted molar refractivity (Wildman–Crippen MR) is 133 cm³/mol. The van der Waals surface area contributed by atoms with E-state index in [4.69, 9.17) is 37.4 Å². The number of hydrogen-bond donors (Lipinski definition) is 5. The van der Waals surface area contributed by atoms with Gasteiger partial charge in [-0.05, 0) is 35.9 Å². The van der Waals surface area contributed by atoms with Gasteiger partial charge < -0.3 is 34.8 Å². The van der Waals surface area contributed by atoms with E-state index in [2.05, 4.69) is 10.0 Å². The van der Waals surface area contributed by atoms with Crippen LogP contribution in [0.1, 0.15) is 5.56 Å². The van der Waals surface area contributed by atoms with Gasteiger partial charge in [0, 0.05) is 18.7 Å². The SMILES string of the molecule is O=C(/C=C/c1ccc(Cl)c(Cl)c1)N[C@H]1C(O)O[C@H](CNS(=O)(=O)c2ccc3c(c2)OCCO3)[C@@H](O)[C@@H]1O. The number of benzene rings is 2. The second-order valence-electron chi connectivity index (χ2n) is 8.24. The highest BCUT2D eigenvalue weighted by atomic mass is 35.5. The van der Waals surface area contributed by atoms with Crippen LogP contribution in [0.4, 0.5) is 0 Å². The van der Waals surface area contributed by atoms with Crippen LogP contribution in [-0.2, 0) is 19.6 Å². The summed E-state index contributed by atoms with van der Waals surface area (Å²) in [5.74, 6) is 0.00539. The summed E-state index contributed by atoms with van der Waals surface area (Å²) >= 11 is 11.8. The van der Waals surface area contributed by atoms with E-state index < -0.39 is 53.1 Å². The molecule has 0 saturated carbocycles. The number of amides is 1. The third kappa shape index (κ3) is 6.54. The molecule has 0 spiro atoms. The molecule has 37 heavy (non-hydrogen) atoms. The van der Waals surface area contributed by atoms with Crippen molar-refractivity contribution in [1.29, 1.82) is 0 Å². The van der Waals surface area contributed by atoms with E-state index >= 15 is 0 Å². The van der Waals surface area contributed by atoms with Gasteiger partial charge in [-0.25, -0.2) is 13.1 Å². The fourth-order valence-electron chi connectivity index (χ4n) is 3.74. The molecule has 2 aliphatic heterocycles. The first-order valence-corrected chi connectivity index (χ1v) is 13.3. The average molecular weight is 575 g/mol. The molecule has 11 nitrogen and oxygen atoms in total. The van der Waals surface area contributed by atoms with Crippen LogP contribution in [-0.4, -0.2) is 80.0 Å². The number of ether oxygens (including phenoxy) is 3. The highest BCUT2D eigenvalue weighted by Crippen LogP contribution is 2.32. The first-order valence-electron chi connectivity index (χ1n) is 11.1. The Hall–Kier alpha value is -2.42. The number of fused-ring (bicyclic) bond motifs is 1. The van der Waals surface area contributed by atoms with Crippen LogP contribution >= 0.6 is 23.2 Å². The van der Waals surface area contributed by atoms with E-state index in [0.717, 1.165) is 6.08 Å². The number of aliphatic hydroxyl groups excluding tert-OH is 3. The van der Waals surface area contributed by atoms with Gasteiger partial charge >= 0.3 is 0 Å². The smallest absolute Gasteiger partial charge is 0.244 e. The highest BCUT2D eigenvalue weighted by Gasteiger charge is 2.44. The Morgan fingerprint density at radius 2 is 1.73 bits per heavy atom. The van der Waals surface area contributed by atoms with E-state index in [-0.39, 0.29) is 17.3 Å². The minimum atomic E-state index is -4.06. The van der Waals surface area contributed by atoms with Crippen molar-refractivity contribution in [2.75, 3.05) is 19.8 Å². The van der Waals surface area contributed by atoms with E-state index in [1.165, 1.54) is 24.3 Å². The molecule has 0 aromatic heterocycles. The lowest BCUT2D eigenvalue weighted by Crippen LogP contribution is -2.64. The Labute approximate surface area is 222 Å². The molecule has 2 heterocycles. The van der Waals surface area contributed by atoms with Crippen molar-refractivity contribution in [3.63, 3.8) is 0 Å². The number of halogens is 2. The number of carbonyl (C=O) groups is 1. The largest absolute Gasteiger partial charge is 0.486 e. The zero-order chi connectivity index (χ0) is 26.7. The van der Waals surface area contributed by atoms with Gasteiger partial charge in [0.1, 0.15) is 37.6 Å². The van der Waals surface area contributed by atoms with Crippen molar-refractivity contribution in [1.82, 2.24) is 10.0 Å². The first kappa shape index (κ1) is 27.6. The normalized spacial score (nSPS) is 25.7. The van der Waals surface area contributed by atoms with Crippen LogP contribution in [0.25, 0.3) is 6.08 Å². The molecule has 1 unspecified atom stereocenters. The Morgan fingerprint density at radius 3 is 2.46 bits per heavy atom. The highest BCUT2D eigenvalue weighted by molar-refractivity contribution is 7.89. The van der Waals surface area contributed by atoms with Crippen molar-refractivity contribution in [2.24, 2.45) is 0 Å². The van der Waals surface area contributed by atoms with Crippen molar-refractivity contribution in [3.8, 4) is 11.5 Å². The third-order valence-corrected chi connectivity index (χ3v) is 7.86. The molecule has 1 saturated heterocycles. The summed E-state index contributed by atoms with van der Waals surface area (Å²) in [6.45, 7) is 0.169. The van der Waals surface area contributed by atoms with Crippen LogP contribution < -0.4 is 19.5 Å². The van der Waals surface area contributed by atoms with Gasteiger partial charge in [-0.3, -0.25) is 4.79 Å². The quantitative estimate of drug-likeness (QED) is 0.299. The molecule has 2 aliphatic rings. The van der Waals surface area contributed by atoms with Gasteiger partial charge in [-0.1, -0.05) is 29.3 Å². The number of sulfonamides is 1. The number of nitrogens with one attached hydrogen (secondary N) is 2. The molecular weight excluding hydrogens is 551 g/mol. The maximum absolute atomic E-state index is 12.7. The molecule has 2 aromatic rings. The topological polar surface area (TPSA) is 164 Å². The molecule has 200 valence electrons. The first-order chi connectivity index (χ1) is 17.5. The summed E-state index contributed by atoms with van der Waals surface area (Å²) in [6, 6.07) is 7.44. The monoisotopic (exact) mass is 574 g/mol. The summed E-state index contributed by atoms with van der Waals surface area (Å²) in [5, 5.41) is 34.3. The van der Waals surface area contributed by atoms with Crippen LogP contribution in [0.2, 0.25) is 10.0 Å². The zero-order valence-electron chi connectivity index (χ0n) is 19.1. The summed E-state index contributed by atoms with van der Waals surface area (Å²) in [5.41, 5.74) is 0.580. The van der Waals surface area contributed by atoms with Gasteiger partial charge in [-0.15, -0.1) is 0 Å². The predicted octanol–water partition coefficient (Wildman–Crippen LogP) is 0.680. The Kier molecular flexibility index (Phi) is 8.61. The molecule has 5 atom stereocenters. The van der Waals surface area contributed by atoms with Crippen molar-refractivity contribution >= 4 is 45.2 Å². The fraction of sp³-hybridized carbons (Fsp3) is 0.348. The van der Waals surface area contributed by atoms with Crippen LogP contribution in [0.15, 0.2) is 47.4 Å². The number of carbonyl (C=O) groups excluding carboxylic acids is 1. The standard InChI is InChI=1S/C23H24Cl2N2O9S/c24-14-4-1-12(9-15(14)25)2-6-19(28)27-20-22(30)21(29)18(36-23(20)31)11-26-37(32,33)13-3-5-16-17(10-13)35-8-7-34-16/h1-6,9-10,18,20-23,26,29-31H,7-8,11H2,(H,27,28)/b6-2+/t18-,20-,21-,22-,23?/m1/s1. The van der Waals surface area contributed by atoms with E-state index in [0.29, 0.717) is 28.0 Å². The number of aliphatic hydroxyl groups is 3. The van der Waals surface area contributed by atoms with Crippen molar-refractivity contribution in [3.05, 3.63) is 58.1 Å². The fourth-order valence-corrected chi connectivity index (χ4v) is 5.10. The van der Waals surface area contributed by atoms with Gasteiger partial charge in [-0.2, -0.15) is 0 Å². The second-order valence-corrected chi connectivity index (χ2v) is 10.8. The number of rotatable bonds is 7. The molecule has 4 rings (SSSR count). The maximum atomic E-state index is 12.7. The molecule has 14 heteroatoms. The lowest BCUT2D eigenvalue weighted by molar-refractivity contribution is -0.244. The lowest BCUT2D eigenvalue weighted by Gasteiger charge is -2.40. The van der Waals surface area contributed by atoms with Crippen LogP contribution in [0, 0.1) is 0 Å². The average Bonchev–Trinajstić information content (AvgIpc) is 2.88. The maximum Gasteiger partial charge on any atom is 0.244 e. The summed E-state index contributed by atoms with van der Waals surface area (Å²) in [4.78, 5) is 12.2. The Bertz CT molecular complexity index is 1290.